The lowest BCUT2D eigenvalue weighted by Gasteiger charge is -2.46. The first-order valence-corrected chi connectivity index (χ1v) is 9.22. The predicted octanol–water partition coefficient (Wildman–Crippen LogP) is 1.01. The molecule has 1 fully saturated rings. The van der Waals surface area contributed by atoms with Crippen LogP contribution in [0.4, 0.5) is 5.69 Å². The van der Waals surface area contributed by atoms with Gasteiger partial charge < -0.3 is 21.3 Å². The molecule has 0 saturated heterocycles. The van der Waals surface area contributed by atoms with Crippen molar-refractivity contribution in [1.29, 1.82) is 0 Å². The second-order valence-electron chi connectivity index (χ2n) is 7.28. The molecule has 1 atom stereocenters. The number of nitrogens with two attached hydrogens (primary N) is 1. The van der Waals surface area contributed by atoms with Crippen LogP contribution in [0.15, 0.2) is 35.9 Å². The van der Waals surface area contributed by atoms with Crippen molar-refractivity contribution in [3.8, 4) is 0 Å². The van der Waals surface area contributed by atoms with E-state index < -0.39 is 17.2 Å². The van der Waals surface area contributed by atoms with Crippen molar-refractivity contribution >= 4 is 23.4 Å². The third-order valence-corrected chi connectivity index (χ3v) is 5.73. The van der Waals surface area contributed by atoms with E-state index in [-0.39, 0.29) is 23.9 Å². The molecule has 3 rings (SSSR count). The Balaban J connectivity index is 1.99. The summed E-state index contributed by atoms with van der Waals surface area (Å²) in [6.07, 6.45) is 4.30. The molecule has 1 unspecified atom stereocenters. The second kappa shape index (κ2) is 7.42. The topological polar surface area (TPSA) is 105 Å². The number of rotatable bonds is 6. The van der Waals surface area contributed by atoms with Crippen LogP contribution in [0.1, 0.15) is 24.8 Å². The fourth-order valence-electron chi connectivity index (χ4n) is 3.91. The summed E-state index contributed by atoms with van der Waals surface area (Å²) in [4.78, 5) is 39.3. The number of primary amides is 1. The lowest BCUT2D eigenvalue weighted by Crippen LogP contribution is -2.57. The summed E-state index contributed by atoms with van der Waals surface area (Å²) in [5, 5.41) is 5.57. The van der Waals surface area contributed by atoms with Gasteiger partial charge in [0.15, 0.2) is 0 Å². The van der Waals surface area contributed by atoms with Crippen LogP contribution in [0.5, 0.6) is 0 Å². The number of benzene rings is 1. The highest BCUT2D eigenvalue weighted by Crippen LogP contribution is 2.46. The Bertz CT molecular complexity index is 800. The van der Waals surface area contributed by atoms with Crippen LogP contribution in [0.2, 0.25) is 0 Å². The summed E-state index contributed by atoms with van der Waals surface area (Å²) < 4.78 is 0. The number of carbonyl (C=O) groups excluding carboxylic acids is 3. The van der Waals surface area contributed by atoms with Crippen LogP contribution in [0, 0.1) is 11.3 Å². The summed E-state index contributed by atoms with van der Waals surface area (Å²) in [5.74, 6) is -1.27. The van der Waals surface area contributed by atoms with E-state index in [0.29, 0.717) is 6.54 Å². The van der Waals surface area contributed by atoms with Crippen molar-refractivity contribution < 1.29 is 14.4 Å². The van der Waals surface area contributed by atoms with Crippen LogP contribution in [-0.4, -0.2) is 43.3 Å². The minimum atomic E-state index is -0.991. The molecule has 4 N–H and O–H groups in total. The number of carbonyl (C=O) groups is 3. The highest BCUT2D eigenvalue weighted by molar-refractivity contribution is 6.19. The van der Waals surface area contributed by atoms with Gasteiger partial charge in [0.2, 0.25) is 5.91 Å². The predicted molar refractivity (Wildman–Crippen MR) is 103 cm³/mol. The van der Waals surface area contributed by atoms with Crippen molar-refractivity contribution in [2.75, 3.05) is 26.0 Å². The Kier molecular flexibility index (Phi) is 5.21. The van der Waals surface area contributed by atoms with E-state index in [2.05, 4.69) is 10.6 Å². The van der Waals surface area contributed by atoms with Crippen molar-refractivity contribution in [2.45, 2.75) is 25.8 Å². The number of nitrogens with zero attached hydrogens (tertiary/aromatic N) is 1. The average Bonchev–Trinajstić information content (AvgIpc) is 2.62. The van der Waals surface area contributed by atoms with Crippen molar-refractivity contribution in [3.63, 3.8) is 0 Å². The van der Waals surface area contributed by atoms with Gasteiger partial charge in [0.1, 0.15) is 5.57 Å². The molecule has 7 heteroatoms. The number of amides is 3. The van der Waals surface area contributed by atoms with Crippen LogP contribution >= 0.6 is 0 Å². The molecule has 1 aromatic carbocycles. The smallest absolute Gasteiger partial charge is 0.259 e. The SMILES string of the molecule is CNC(=O)C1=CC(C(N)=O)(C2CCC2)CN(Cc2cccc(NC)c2)C1=O. The summed E-state index contributed by atoms with van der Waals surface area (Å²) in [7, 11) is 3.30. The number of anilines is 1. The maximum Gasteiger partial charge on any atom is 0.259 e. The van der Waals surface area contributed by atoms with Gasteiger partial charge >= 0.3 is 0 Å². The van der Waals surface area contributed by atoms with Gasteiger partial charge in [0.25, 0.3) is 11.8 Å². The van der Waals surface area contributed by atoms with Gasteiger partial charge in [0, 0.05) is 32.9 Å². The molecule has 1 saturated carbocycles. The van der Waals surface area contributed by atoms with E-state index in [1.54, 1.807) is 4.90 Å². The normalized spacial score (nSPS) is 22.7. The largest absolute Gasteiger partial charge is 0.388 e. The fourth-order valence-corrected chi connectivity index (χ4v) is 3.91. The van der Waals surface area contributed by atoms with Crippen molar-refractivity contribution in [2.24, 2.45) is 17.1 Å². The van der Waals surface area contributed by atoms with Gasteiger partial charge in [-0.1, -0.05) is 18.6 Å². The third kappa shape index (κ3) is 3.41. The Labute approximate surface area is 159 Å². The minimum absolute atomic E-state index is 0.000721. The van der Waals surface area contributed by atoms with Gasteiger partial charge in [-0.2, -0.15) is 0 Å². The standard InChI is InChI=1S/C20H26N4O3/c1-22-15-8-3-5-13(9-15)11-24-12-20(19(21)27,14-6-4-7-14)10-16(18(24)26)17(25)23-2/h3,5,8-10,14,22H,4,6-7,11-12H2,1-2H3,(H2,21,27)(H,23,25). The van der Waals surface area contributed by atoms with Gasteiger partial charge in [-0.3, -0.25) is 14.4 Å². The zero-order valence-electron chi connectivity index (χ0n) is 15.7. The highest BCUT2D eigenvalue weighted by atomic mass is 16.2. The lowest BCUT2D eigenvalue weighted by molar-refractivity contribution is -0.139. The number of hydrogen-bond donors (Lipinski definition) is 3. The molecule has 0 spiro atoms. The molecular weight excluding hydrogens is 344 g/mol. The van der Waals surface area contributed by atoms with Gasteiger partial charge in [0.05, 0.1) is 5.41 Å². The first-order valence-electron chi connectivity index (χ1n) is 9.22. The number of nitrogens with one attached hydrogen (secondary N) is 2. The molecule has 144 valence electrons. The first-order chi connectivity index (χ1) is 12.9. The number of likely N-dealkylation sites (N-methyl/N-ethyl adjacent to an activating group) is 1. The zero-order chi connectivity index (χ0) is 19.6. The van der Waals surface area contributed by atoms with Crippen LogP contribution in [0.25, 0.3) is 0 Å². The summed E-state index contributed by atoms with van der Waals surface area (Å²) >= 11 is 0. The first kappa shape index (κ1) is 18.9. The summed E-state index contributed by atoms with van der Waals surface area (Å²) in [6, 6.07) is 7.69. The quantitative estimate of drug-likeness (QED) is 0.650. The second-order valence-corrected chi connectivity index (χ2v) is 7.28. The molecule has 27 heavy (non-hydrogen) atoms. The summed E-state index contributed by atoms with van der Waals surface area (Å²) in [6.45, 7) is 0.514. The van der Waals surface area contributed by atoms with Crippen LogP contribution in [0.3, 0.4) is 0 Å². The van der Waals surface area contributed by atoms with Crippen LogP contribution < -0.4 is 16.4 Å². The van der Waals surface area contributed by atoms with E-state index in [1.807, 2.05) is 31.3 Å². The molecule has 2 aliphatic rings. The van der Waals surface area contributed by atoms with Crippen molar-refractivity contribution in [3.05, 3.63) is 41.5 Å². The lowest BCUT2D eigenvalue weighted by atomic mass is 9.62. The van der Waals surface area contributed by atoms with Gasteiger partial charge in [-0.25, -0.2) is 0 Å². The molecule has 0 radical (unpaired) electrons. The number of hydrogen-bond acceptors (Lipinski definition) is 4. The minimum Gasteiger partial charge on any atom is -0.388 e. The average molecular weight is 370 g/mol. The van der Waals surface area contributed by atoms with Gasteiger partial charge in [-0.15, -0.1) is 0 Å². The molecule has 3 amide bonds. The van der Waals surface area contributed by atoms with E-state index in [1.165, 1.54) is 13.1 Å². The molecule has 1 heterocycles. The Morgan fingerprint density at radius 1 is 1.30 bits per heavy atom. The Morgan fingerprint density at radius 2 is 2.04 bits per heavy atom. The van der Waals surface area contributed by atoms with E-state index in [9.17, 15) is 14.4 Å². The highest BCUT2D eigenvalue weighted by Gasteiger charge is 2.51. The molecular formula is C20H26N4O3. The fraction of sp³-hybridized carbons (Fsp3) is 0.450. The maximum atomic E-state index is 13.0. The monoisotopic (exact) mass is 370 g/mol. The van der Waals surface area contributed by atoms with E-state index in [0.717, 1.165) is 30.5 Å². The van der Waals surface area contributed by atoms with E-state index in [4.69, 9.17) is 5.73 Å². The Hall–Kier alpha value is -2.83. The molecule has 0 aromatic heterocycles. The third-order valence-electron chi connectivity index (χ3n) is 5.73. The molecule has 7 nitrogen and oxygen atoms in total. The molecule has 1 aromatic rings. The Morgan fingerprint density at radius 3 is 2.59 bits per heavy atom. The maximum absolute atomic E-state index is 13.0. The zero-order valence-corrected chi connectivity index (χ0v) is 15.7. The van der Waals surface area contributed by atoms with Gasteiger partial charge in [-0.05, 0) is 42.5 Å². The van der Waals surface area contributed by atoms with E-state index >= 15 is 0 Å². The van der Waals surface area contributed by atoms with Crippen LogP contribution in [-0.2, 0) is 20.9 Å². The molecule has 1 aliphatic heterocycles. The van der Waals surface area contributed by atoms with Crippen molar-refractivity contribution in [1.82, 2.24) is 10.2 Å². The summed E-state index contributed by atoms with van der Waals surface area (Å²) in [5.41, 5.74) is 6.65. The molecule has 1 aliphatic carbocycles. The molecule has 0 bridgehead atoms.